The summed E-state index contributed by atoms with van der Waals surface area (Å²) < 4.78 is 21.3. The van der Waals surface area contributed by atoms with Crippen molar-refractivity contribution < 1.29 is 18.5 Å². The van der Waals surface area contributed by atoms with Crippen LogP contribution >= 0.6 is 11.3 Å². The van der Waals surface area contributed by atoms with E-state index in [1.807, 2.05) is 17.5 Å². The van der Waals surface area contributed by atoms with Gasteiger partial charge >= 0.3 is 6.09 Å². The first-order valence-corrected chi connectivity index (χ1v) is 14.4. The highest BCUT2D eigenvalue weighted by atomic mass is 32.2. The molecule has 2 aromatic heterocycles. The molecule has 36 heavy (non-hydrogen) atoms. The highest BCUT2D eigenvalue weighted by molar-refractivity contribution is 7.93. The van der Waals surface area contributed by atoms with Gasteiger partial charge in [0.1, 0.15) is 11.9 Å². The Bertz CT molecular complexity index is 1340. The molecule has 12 heteroatoms. The third-order valence-electron chi connectivity index (χ3n) is 5.49. The maximum Gasteiger partial charge on any atom is 0.442 e. The lowest BCUT2D eigenvalue weighted by Crippen LogP contribution is -2.38. The van der Waals surface area contributed by atoms with Crippen molar-refractivity contribution in [2.45, 2.75) is 37.1 Å². The Kier molecular flexibility index (Phi) is 8.16. The molecule has 1 aliphatic rings. The molecule has 0 spiro atoms. The van der Waals surface area contributed by atoms with Crippen LogP contribution in [0.25, 0.3) is 10.4 Å². The lowest BCUT2D eigenvalue weighted by molar-refractivity contribution is -0.121. The molecule has 1 aliphatic heterocycles. The monoisotopic (exact) mass is 528 g/mol. The molecule has 2 atom stereocenters. The second kappa shape index (κ2) is 11.5. The molecular formula is C24H28N6O4S2. The maximum atomic E-state index is 12.8. The van der Waals surface area contributed by atoms with Crippen molar-refractivity contribution in [2.24, 2.45) is 4.36 Å². The normalized spacial score (nSPS) is 17.3. The summed E-state index contributed by atoms with van der Waals surface area (Å²) in [7, 11) is -2.94. The van der Waals surface area contributed by atoms with Crippen molar-refractivity contribution in [3.63, 3.8) is 0 Å². The summed E-state index contributed by atoms with van der Waals surface area (Å²) in [5.41, 5.74) is 1.47. The number of carbonyl (C=O) groups excluding carboxylic acids is 2. The van der Waals surface area contributed by atoms with E-state index in [1.165, 1.54) is 6.26 Å². The maximum absolute atomic E-state index is 12.8. The van der Waals surface area contributed by atoms with Crippen molar-refractivity contribution in [3.8, 4) is 10.4 Å². The summed E-state index contributed by atoms with van der Waals surface area (Å²) in [5, 5.41) is 11.4. The van der Waals surface area contributed by atoms with Gasteiger partial charge in [0.15, 0.2) is 0 Å². The average molecular weight is 529 g/mol. The number of thiophene rings is 1. The molecule has 0 aliphatic carbocycles. The van der Waals surface area contributed by atoms with Crippen LogP contribution in [0.2, 0.25) is 0 Å². The van der Waals surface area contributed by atoms with Crippen molar-refractivity contribution >= 4 is 50.5 Å². The van der Waals surface area contributed by atoms with E-state index < -0.39 is 15.8 Å². The third-order valence-corrected chi connectivity index (χ3v) is 8.03. The van der Waals surface area contributed by atoms with Crippen LogP contribution in [0.1, 0.15) is 26.2 Å². The minimum atomic E-state index is -2.94. The zero-order chi connectivity index (χ0) is 25.5. The summed E-state index contributed by atoms with van der Waals surface area (Å²) in [5.74, 6) is 0.871. The van der Waals surface area contributed by atoms with Crippen LogP contribution in [0.3, 0.4) is 0 Å². The first-order chi connectivity index (χ1) is 17.4. The first kappa shape index (κ1) is 25.6. The van der Waals surface area contributed by atoms with E-state index in [2.05, 4.69) is 30.3 Å². The average Bonchev–Trinajstić information content (AvgIpc) is 3.30. The Morgan fingerprint density at radius 1 is 1.28 bits per heavy atom. The molecule has 190 valence electrons. The van der Waals surface area contributed by atoms with E-state index in [-0.39, 0.29) is 18.6 Å². The Hall–Kier alpha value is -3.51. The molecule has 0 radical (unpaired) electrons. The van der Waals surface area contributed by atoms with Gasteiger partial charge in [0.25, 0.3) is 0 Å². The number of benzene rings is 1. The fourth-order valence-corrected chi connectivity index (χ4v) is 5.49. The molecule has 1 aromatic carbocycles. The molecule has 3 heterocycles. The van der Waals surface area contributed by atoms with Crippen molar-refractivity contribution in [1.29, 1.82) is 0 Å². The van der Waals surface area contributed by atoms with Crippen LogP contribution in [-0.2, 0) is 19.3 Å². The number of rotatable bonds is 7. The van der Waals surface area contributed by atoms with Crippen LogP contribution in [-0.4, -0.2) is 51.6 Å². The van der Waals surface area contributed by atoms with Gasteiger partial charge in [-0.3, -0.25) is 4.79 Å². The van der Waals surface area contributed by atoms with Gasteiger partial charge < -0.3 is 20.7 Å². The topological polar surface area (TPSA) is 135 Å². The quantitative estimate of drug-likeness (QED) is 0.404. The molecule has 1 unspecified atom stereocenters. The van der Waals surface area contributed by atoms with Crippen LogP contribution in [0.15, 0.2) is 57.2 Å². The highest BCUT2D eigenvalue weighted by Gasteiger charge is 2.23. The summed E-state index contributed by atoms with van der Waals surface area (Å²) in [6, 6.07) is 10.2. The Balaban J connectivity index is 1.57. The van der Waals surface area contributed by atoms with E-state index in [1.54, 1.807) is 48.7 Å². The molecule has 1 saturated heterocycles. The van der Waals surface area contributed by atoms with Gasteiger partial charge in [0, 0.05) is 34.5 Å². The molecule has 3 aromatic rings. The molecule has 4 rings (SSSR count). The Morgan fingerprint density at radius 2 is 2.08 bits per heavy atom. The van der Waals surface area contributed by atoms with Crippen molar-refractivity contribution in [3.05, 3.63) is 48.0 Å². The van der Waals surface area contributed by atoms with Gasteiger partial charge in [0.05, 0.1) is 21.9 Å². The van der Waals surface area contributed by atoms with Gasteiger partial charge in [-0.25, -0.2) is 14.0 Å². The molecule has 1 fully saturated rings. The zero-order valence-electron chi connectivity index (χ0n) is 20.0. The van der Waals surface area contributed by atoms with Crippen LogP contribution in [0.5, 0.6) is 0 Å². The second-order valence-corrected chi connectivity index (χ2v) is 11.4. The van der Waals surface area contributed by atoms with Crippen molar-refractivity contribution in [2.75, 3.05) is 30.0 Å². The summed E-state index contributed by atoms with van der Waals surface area (Å²) in [6.07, 6.45) is 4.87. The summed E-state index contributed by atoms with van der Waals surface area (Å²) in [6.45, 7) is 2.50. The molecule has 0 saturated carbocycles. The van der Waals surface area contributed by atoms with E-state index >= 15 is 0 Å². The number of hydrogen-bond donors (Lipinski definition) is 3. The van der Waals surface area contributed by atoms with Crippen molar-refractivity contribution in [1.82, 2.24) is 15.3 Å². The SMILES string of the molecule is CCOC(=O)N=S(C)(=O)c1ccc(Nc2ncc(-c3cccs3)c(N[C@H]3CCCCNC3=O)n2)cc1. The van der Waals surface area contributed by atoms with Gasteiger partial charge in [-0.15, -0.1) is 15.7 Å². The second-order valence-electron chi connectivity index (χ2n) is 8.16. The Morgan fingerprint density at radius 3 is 2.81 bits per heavy atom. The minimum absolute atomic E-state index is 0.0373. The predicted molar refractivity (Wildman–Crippen MR) is 141 cm³/mol. The molecule has 10 nitrogen and oxygen atoms in total. The van der Waals surface area contributed by atoms with Gasteiger partial charge in [-0.05, 0) is 61.9 Å². The third kappa shape index (κ3) is 6.38. The summed E-state index contributed by atoms with van der Waals surface area (Å²) in [4.78, 5) is 34.7. The number of nitrogens with one attached hydrogen (secondary N) is 3. The number of ether oxygens (including phenoxy) is 1. The standard InChI is InChI=1S/C24H28N6O4S2/c1-3-34-24(32)30-36(2,33)17-11-9-16(10-12-17)27-23-26-15-18(20-8-6-14-35-20)21(29-23)28-19-7-4-5-13-25-22(19)31/h6,8-12,14-15,19H,3-5,7,13H2,1-2H3,(H,25,31)(H2,26,27,28,29)/t19-,36?/m0/s1. The fraction of sp³-hybridized carbons (Fsp3) is 0.333. The lowest BCUT2D eigenvalue weighted by Gasteiger charge is -2.18. The molecule has 3 N–H and O–H groups in total. The number of hydrogen-bond acceptors (Lipinski definition) is 9. The number of nitrogens with zero attached hydrogens (tertiary/aromatic N) is 3. The minimum Gasteiger partial charge on any atom is -0.448 e. The van der Waals surface area contributed by atoms with Gasteiger partial charge in [0.2, 0.25) is 11.9 Å². The largest absolute Gasteiger partial charge is 0.448 e. The van der Waals surface area contributed by atoms with Crippen LogP contribution in [0.4, 0.5) is 22.2 Å². The van der Waals surface area contributed by atoms with E-state index in [0.717, 1.165) is 29.7 Å². The number of amides is 2. The summed E-state index contributed by atoms with van der Waals surface area (Å²) >= 11 is 1.57. The molecular weight excluding hydrogens is 500 g/mol. The van der Waals surface area contributed by atoms with E-state index in [9.17, 15) is 13.8 Å². The smallest absolute Gasteiger partial charge is 0.442 e. The highest BCUT2D eigenvalue weighted by Crippen LogP contribution is 2.32. The zero-order valence-corrected chi connectivity index (χ0v) is 21.7. The molecule has 2 amide bonds. The number of carbonyl (C=O) groups is 2. The lowest BCUT2D eigenvalue weighted by atomic mass is 10.1. The van der Waals surface area contributed by atoms with E-state index in [4.69, 9.17) is 4.74 Å². The number of anilines is 3. The van der Waals surface area contributed by atoms with Gasteiger partial charge in [-0.1, -0.05) is 6.07 Å². The number of aromatic nitrogens is 2. The van der Waals surface area contributed by atoms with E-state index in [0.29, 0.717) is 28.9 Å². The fourth-order valence-electron chi connectivity index (χ4n) is 3.67. The van der Waals surface area contributed by atoms with Crippen LogP contribution < -0.4 is 16.0 Å². The predicted octanol–water partition coefficient (Wildman–Crippen LogP) is 4.64. The first-order valence-electron chi connectivity index (χ1n) is 11.6. The van der Waals surface area contributed by atoms with Crippen LogP contribution in [0, 0.1) is 0 Å². The molecule has 0 bridgehead atoms. The van der Waals surface area contributed by atoms with Gasteiger partial charge in [-0.2, -0.15) is 4.98 Å². The Labute approximate surface area is 214 Å².